The molecule has 0 fully saturated rings. The quantitative estimate of drug-likeness (QED) is 0.191. The number of fused-ring (bicyclic) bond motifs is 2. The first-order valence-corrected chi connectivity index (χ1v) is 15.6. The van der Waals surface area contributed by atoms with E-state index in [0.717, 1.165) is 46.8 Å². The van der Waals surface area contributed by atoms with Crippen molar-refractivity contribution in [3.8, 4) is 11.6 Å². The Balaban J connectivity index is 1.31. The van der Waals surface area contributed by atoms with Crippen molar-refractivity contribution in [2.24, 2.45) is 0 Å². The summed E-state index contributed by atoms with van der Waals surface area (Å²) < 4.78 is 12.1. The molecule has 0 saturated carbocycles. The van der Waals surface area contributed by atoms with Crippen LogP contribution in [0.15, 0.2) is 120 Å². The second-order valence-electron chi connectivity index (χ2n) is 9.65. The van der Waals surface area contributed by atoms with Gasteiger partial charge < -0.3 is 0 Å². The predicted octanol–water partition coefficient (Wildman–Crippen LogP) is 6.23. The van der Waals surface area contributed by atoms with Crippen LogP contribution in [-0.4, -0.2) is 59.4 Å². The number of pyridine rings is 2. The minimum absolute atomic E-state index is 0.697. The molecule has 7 aromatic rings. The van der Waals surface area contributed by atoms with Crippen molar-refractivity contribution in [2.75, 3.05) is 0 Å². The van der Waals surface area contributed by atoms with Gasteiger partial charge in [0.15, 0.2) is 0 Å². The van der Waals surface area contributed by atoms with Gasteiger partial charge >= 0.3 is 262 Å². The van der Waals surface area contributed by atoms with E-state index < -0.39 is 0 Å². The zero-order valence-corrected chi connectivity index (χ0v) is 26.8. The van der Waals surface area contributed by atoms with Gasteiger partial charge in [0.25, 0.3) is 0 Å². The Morgan fingerprint density at radius 3 is 1.34 bits per heavy atom. The van der Waals surface area contributed by atoms with E-state index in [4.69, 9.17) is 0 Å². The fourth-order valence-corrected chi connectivity index (χ4v) is 7.36. The third-order valence-electron chi connectivity index (χ3n) is 7.24. The van der Waals surface area contributed by atoms with Gasteiger partial charge in [-0.1, -0.05) is 0 Å². The number of benzene rings is 3. The number of para-hydroxylation sites is 4. The zero-order valence-electron chi connectivity index (χ0n) is 21.8. The molecule has 0 aliphatic heterocycles. The van der Waals surface area contributed by atoms with Crippen molar-refractivity contribution in [2.45, 2.75) is 13.1 Å². The normalized spacial score (nSPS) is 11.4. The van der Waals surface area contributed by atoms with E-state index in [2.05, 4.69) is 142 Å². The monoisotopic (exact) mass is 730 g/mol. The maximum absolute atomic E-state index is 4.62. The molecule has 0 spiro atoms. The molecule has 0 amide bonds. The molecule has 4 aromatic heterocycles. The van der Waals surface area contributed by atoms with Crippen LogP contribution in [0.4, 0.5) is 0 Å². The maximum atomic E-state index is 4.62. The number of nitrogens with zero attached hydrogens (tertiary/aromatic N) is 6. The van der Waals surface area contributed by atoms with E-state index in [0.29, 0.717) is 13.1 Å². The second kappa shape index (κ2) is 11.0. The second-order valence-corrected chi connectivity index (χ2v) is 12.0. The van der Waals surface area contributed by atoms with Gasteiger partial charge in [0.1, 0.15) is 0 Å². The van der Waals surface area contributed by atoms with Gasteiger partial charge in [-0.05, 0) is 0 Å². The van der Waals surface area contributed by atoms with E-state index in [1.165, 1.54) is 11.1 Å². The molecule has 0 N–H and O–H groups in total. The Kier molecular flexibility index (Phi) is 7.07. The van der Waals surface area contributed by atoms with Crippen LogP contribution in [0.5, 0.6) is 0 Å². The third-order valence-corrected chi connectivity index (χ3v) is 9.95. The number of hydrogen-bond donors (Lipinski definition) is 0. The van der Waals surface area contributed by atoms with Crippen molar-refractivity contribution in [3.63, 3.8) is 0 Å². The average molecular weight is 729 g/mol. The summed E-state index contributed by atoms with van der Waals surface area (Å²) in [5.41, 5.74) is 6.89. The Bertz CT molecular complexity index is 2010. The molecule has 0 bridgehead atoms. The summed E-state index contributed by atoms with van der Waals surface area (Å²) in [4.78, 5) is 9.25. The van der Waals surface area contributed by atoms with Gasteiger partial charge in [-0.25, -0.2) is 0 Å². The van der Waals surface area contributed by atoms with E-state index in [9.17, 15) is 0 Å². The van der Waals surface area contributed by atoms with Crippen LogP contribution >= 0.6 is 15.9 Å². The van der Waals surface area contributed by atoms with E-state index >= 15 is 0 Å². The van der Waals surface area contributed by atoms with Crippen molar-refractivity contribution in [1.29, 1.82) is 0 Å². The molecule has 6 nitrogen and oxygen atoms in total. The summed E-state index contributed by atoms with van der Waals surface area (Å²) in [6.45, 7) is 1.39. The first-order valence-electron chi connectivity index (χ1n) is 13.1. The first kappa shape index (κ1) is 26.3. The van der Waals surface area contributed by atoms with E-state index in [1.807, 2.05) is 48.8 Å². The zero-order chi connectivity index (χ0) is 27.9. The van der Waals surface area contributed by atoms with Crippen LogP contribution in [0.25, 0.3) is 33.7 Å². The van der Waals surface area contributed by atoms with Crippen LogP contribution < -0.4 is 0 Å². The first-order chi connectivity index (χ1) is 20.1. The molecule has 0 saturated heterocycles. The summed E-state index contributed by atoms with van der Waals surface area (Å²) in [5, 5.41) is 0. The number of rotatable bonds is 6. The van der Waals surface area contributed by atoms with Crippen LogP contribution in [0, 0.1) is 8.65 Å². The molecular formula is C32H23BrN6Se2. The molecule has 200 valence electrons. The third kappa shape index (κ3) is 4.64. The molecule has 0 aliphatic rings. The van der Waals surface area contributed by atoms with Crippen molar-refractivity contribution in [3.05, 3.63) is 140 Å². The van der Waals surface area contributed by atoms with E-state index in [-0.39, 0.29) is 0 Å². The Labute approximate surface area is 260 Å². The van der Waals surface area contributed by atoms with Crippen LogP contribution in [-0.2, 0) is 13.1 Å². The van der Waals surface area contributed by atoms with Crippen LogP contribution in [0.1, 0.15) is 11.1 Å². The fraction of sp³-hybridized carbons (Fsp3) is 0.0625. The number of halogens is 1. The molecule has 0 atom stereocenters. The summed E-state index contributed by atoms with van der Waals surface area (Å²) >= 11 is 10.6. The topological polar surface area (TPSA) is 45.5 Å². The van der Waals surface area contributed by atoms with Crippen LogP contribution in [0.3, 0.4) is 0 Å². The van der Waals surface area contributed by atoms with Crippen molar-refractivity contribution in [1.82, 2.24) is 28.2 Å². The van der Waals surface area contributed by atoms with Gasteiger partial charge in [0.05, 0.1) is 0 Å². The molecule has 0 radical (unpaired) electrons. The summed E-state index contributed by atoms with van der Waals surface area (Å²) in [7, 11) is 0. The SMILES string of the molecule is [Se]=c1n(Cc2cccc(Cn3c(=[Se])n(-c4ccccn4)c4ccccc43)c2Br)c2ccccc2n1-c1ccccn1. The standard InChI is InChI=1S/C32H23BrN6Se2/c33-30-22(20-36-24-12-1-3-14-26(24)38(31(36)40)28-16-5-7-18-34-28)10-9-11-23(30)21-37-25-13-2-4-15-27(25)39(32(37)41)29-17-6-8-19-35-29/h1-19H,20-21H2. The van der Waals surface area contributed by atoms with Gasteiger partial charge in [0, 0.05) is 0 Å². The van der Waals surface area contributed by atoms with E-state index in [1.54, 1.807) is 0 Å². The van der Waals surface area contributed by atoms with Gasteiger partial charge in [-0.2, -0.15) is 0 Å². The molecule has 0 unspecified atom stereocenters. The Hall–Kier alpha value is -3.58. The molecule has 7 rings (SSSR count). The van der Waals surface area contributed by atoms with Crippen molar-refractivity contribution >= 4 is 69.1 Å². The molecule has 3 aromatic carbocycles. The molecule has 9 heteroatoms. The Morgan fingerprint density at radius 1 is 0.512 bits per heavy atom. The summed E-state index contributed by atoms with van der Waals surface area (Å²) in [6.07, 6.45) is 3.66. The summed E-state index contributed by atoms with van der Waals surface area (Å²) in [5.74, 6) is 1.77. The number of hydrogen-bond acceptors (Lipinski definition) is 2. The molecule has 0 aliphatic carbocycles. The minimum atomic E-state index is 0.697. The fourth-order valence-electron chi connectivity index (χ4n) is 5.35. The molecule has 4 heterocycles. The number of imidazole rings is 2. The number of aromatic nitrogens is 6. The van der Waals surface area contributed by atoms with Gasteiger partial charge in [-0.15, -0.1) is 0 Å². The molecular weight excluding hydrogens is 706 g/mol. The molecule has 41 heavy (non-hydrogen) atoms. The average Bonchev–Trinajstić information content (AvgIpc) is 3.45. The van der Waals surface area contributed by atoms with Crippen LogP contribution in [0.2, 0.25) is 0 Å². The van der Waals surface area contributed by atoms with Gasteiger partial charge in [-0.3, -0.25) is 0 Å². The van der Waals surface area contributed by atoms with Crippen molar-refractivity contribution < 1.29 is 0 Å². The predicted molar refractivity (Wildman–Crippen MR) is 168 cm³/mol. The summed E-state index contributed by atoms with van der Waals surface area (Å²) in [6, 6.07) is 35.4. The Morgan fingerprint density at radius 2 is 0.927 bits per heavy atom. The van der Waals surface area contributed by atoms with Gasteiger partial charge in [0.2, 0.25) is 0 Å².